The van der Waals surface area contributed by atoms with Crippen molar-refractivity contribution in [2.24, 2.45) is 5.16 Å². The van der Waals surface area contributed by atoms with Crippen molar-refractivity contribution in [3.63, 3.8) is 0 Å². The van der Waals surface area contributed by atoms with Crippen molar-refractivity contribution in [1.82, 2.24) is 0 Å². The van der Waals surface area contributed by atoms with Gasteiger partial charge in [-0.3, -0.25) is 4.79 Å². The number of ketones is 1. The Morgan fingerprint density at radius 1 is 0.742 bits per heavy atom. The Labute approximate surface area is 185 Å². The highest BCUT2D eigenvalue weighted by molar-refractivity contribution is 6.45. The number of oxime groups is 1. The molecule has 3 aromatic carbocycles. The molecule has 0 saturated heterocycles. The molecule has 0 atom stereocenters. The molecule has 3 nitrogen and oxygen atoms in total. The minimum absolute atomic E-state index is 0.0455. The molecule has 0 spiro atoms. The number of carbonyl (C=O) groups is 1. The van der Waals surface area contributed by atoms with E-state index < -0.39 is 0 Å². The van der Waals surface area contributed by atoms with Crippen molar-refractivity contribution >= 4 is 11.5 Å². The molecule has 0 aromatic heterocycles. The fourth-order valence-corrected chi connectivity index (χ4v) is 3.45. The lowest BCUT2D eigenvalue weighted by Gasteiger charge is -2.08. The van der Waals surface area contributed by atoms with Crippen LogP contribution in [0, 0.1) is 0 Å². The van der Waals surface area contributed by atoms with Gasteiger partial charge in [0.1, 0.15) is 12.3 Å². The van der Waals surface area contributed by atoms with Crippen LogP contribution in [0.3, 0.4) is 0 Å². The quantitative estimate of drug-likeness (QED) is 0.139. The van der Waals surface area contributed by atoms with Crippen LogP contribution < -0.4 is 0 Å². The molecule has 0 unspecified atom stereocenters. The molecule has 0 saturated carbocycles. The summed E-state index contributed by atoms with van der Waals surface area (Å²) in [6, 6.07) is 28.1. The maximum absolute atomic E-state index is 13.1. The molecular weight excluding hydrogens is 382 g/mol. The van der Waals surface area contributed by atoms with Crippen LogP contribution in [0.4, 0.5) is 0 Å². The number of Topliss-reactive ketones (excluding diaryl/α,β-unsaturated/α-hetero) is 1. The molecule has 0 bridgehead atoms. The summed E-state index contributed by atoms with van der Waals surface area (Å²) in [5, 5.41) is 4.25. The van der Waals surface area contributed by atoms with E-state index in [4.69, 9.17) is 4.84 Å². The first kappa shape index (κ1) is 22.5. The summed E-state index contributed by atoms with van der Waals surface area (Å²) in [5.41, 5.74) is 4.64. The number of rotatable bonds is 12. The molecule has 0 amide bonds. The summed E-state index contributed by atoms with van der Waals surface area (Å²) < 4.78 is 0. The minimum atomic E-state index is -0.0455. The van der Waals surface area contributed by atoms with E-state index in [2.05, 4.69) is 24.2 Å². The number of unbranched alkanes of at least 4 members (excludes halogenated alkanes) is 3. The van der Waals surface area contributed by atoms with Crippen LogP contribution in [-0.2, 0) is 17.9 Å². The van der Waals surface area contributed by atoms with Gasteiger partial charge in [0.2, 0.25) is 5.78 Å². The maximum Gasteiger partial charge on any atom is 0.210 e. The highest BCUT2D eigenvalue weighted by Gasteiger charge is 2.15. The molecule has 0 heterocycles. The lowest BCUT2D eigenvalue weighted by Crippen LogP contribution is -2.15. The zero-order valence-corrected chi connectivity index (χ0v) is 18.3. The second-order valence-electron chi connectivity index (χ2n) is 7.80. The first-order chi connectivity index (χ1) is 15.3. The van der Waals surface area contributed by atoms with Gasteiger partial charge in [-0.2, -0.15) is 0 Å². The smallest absolute Gasteiger partial charge is 0.210 e. The fourth-order valence-electron chi connectivity index (χ4n) is 3.45. The Morgan fingerprint density at radius 2 is 1.35 bits per heavy atom. The Balaban J connectivity index is 1.66. The largest absolute Gasteiger partial charge is 0.391 e. The minimum Gasteiger partial charge on any atom is -0.391 e. The third-order valence-corrected chi connectivity index (χ3v) is 5.25. The van der Waals surface area contributed by atoms with E-state index >= 15 is 0 Å². The molecule has 160 valence electrons. The van der Waals surface area contributed by atoms with Crippen LogP contribution in [0.25, 0.3) is 0 Å². The lowest BCUT2D eigenvalue weighted by atomic mass is 9.99. The average Bonchev–Trinajstić information content (AvgIpc) is 2.82. The van der Waals surface area contributed by atoms with Gasteiger partial charge in [-0.05, 0) is 36.0 Å². The van der Waals surface area contributed by atoms with E-state index in [1.54, 1.807) is 0 Å². The molecular formula is C28H31NO2. The summed E-state index contributed by atoms with van der Waals surface area (Å²) in [5.74, 6) is -0.0455. The second-order valence-corrected chi connectivity index (χ2v) is 7.80. The van der Waals surface area contributed by atoms with E-state index in [0.29, 0.717) is 24.3 Å². The monoisotopic (exact) mass is 413 g/mol. The number of hydrogen-bond donors (Lipinski definition) is 0. The SMILES string of the molecule is CCCCCCC(=NOCc1ccccc1)C(=O)c1ccc(Cc2ccccc2)cc1. The van der Waals surface area contributed by atoms with E-state index in [1.165, 1.54) is 17.5 Å². The number of benzene rings is 3. The molecule has 0 radical (unpaired) electrons. The standard InChI is InChI=1S/C28H31NO2/c1-2-3-4-11-16-27(29-31-22-25-14-9-6-10-15-25)28(30)26-19-17-24(18-20-26)21-23-12-7-5-8-13-23/h5-10,12-15,17-20H,2-4,11,16,21-22H2,1H3. The highest BCUT2D eigenvalue weighted by Crippen LogP contribution is 2.14. The number of carbonyl (C=O) groups excluding carboxylic acids is 1. The molecule has 3 aromatic rings. The zero-order chi connectivity index (χ0) is 21.7. The molecule has 0 aliphatic carbocycles. The van der Waals surface area contributed by atoms with Crippen LogP contribution in [0.2, 0.25) is 0 Å². The Morgan fingerprint density at radius 3 is 2.00 bits per heavy atom. The molecule has 0 fully saturated rings. The Hall–Kier alpha value is -3.20. The van der Waals surface area contributed by atoms with Crippen molar-refractivity contribution in [2.75, 3.05) is 0 Å². The predicted molar refractivity (Wildman–Crippen MR) is 127 cm³/mol. The third kappa shape index (κ3) is 7.53. The van der Waals surface area contributed by atoms with E-state index in [1.807, 2.05) is 72.8 Å². The number of nitrogens with zero attached hydrogens (tertiary/aromatic N) is 1. The van der Waals surface area contributed by atoms with Gasteiger partial charge in [0, 0.05) is 5.56 Å². The van der Waals surface area contributed by atoms with Crippen LogP contribution in [0.5, 0.6) is 0 Å². The van der Waals surface area contributed by atoms with Gasteiger partial charge in [-0.1, -0.05) is 116 Å². The molecule has 31 heavy (non-hydrogen) atoms. The summed E-state index contributed by atoms with van der Waals surface area (Å²) in [7, 11) is 0. The van der Waals surface area contributed by atoms with Crippen molar-refractivity contribution in [1.29, 1.82) is 0 Å². The van der Waals surface area contributed by atoms with Crippen molar-refractivity contribution in [3.8, 4) is 0 Å². The van der Waals surface area contributed by atoms with Gasteiger partial charge in [-0.15, -0.1) is 0 Å². The first-order valence-electron chi connectivity index (χ1n) is 11.2. The van der Waals surface area contributed by atoms with Gasteiger partial charge >= 0.3 is 0 Å². The lowest BCUT2D eigenvalue weighted by molar-refractivity contribution is 0.103. The average molecular weight is 414 g/mol. The highest BCUT2D eigenvalue weighted by atomic mass is 16.6. The fraction of sp³-hybridized carbons (Fsp3) is 0.286. The van der Waals surface area contributed by atoms with Gasteiger partial charge in [0.05, 0.1) is 0 Å². The van der Waals surface area contributed by atoms with E-state index in [-0.39, 0.29) is 5.78 Å². The summed E-state index contributed by atoms with van der Waals surface area (Å²) in [6.45, 7) is 2.54. The van der Waals surface area contributed by atoms with Gasteiger partial charge in [-0.25, -0.2) is 0 Å². The molecule has 3 heteroatoms. The molecule has 0 aliphatic rings. The molecule has 0 N–H and O–H groups in total. The van der Waals surface area contributed by atoms with Crippen LogP contribution in [-0.4, -0.2) is 11.5 Å². The summed E-state index contributed by atoms with van der Waals surface area (Å²) in [4.78, 5) is 18.7. The Kier molecular flexibility index (Phi) is 9.06. The van der Waals surface area contributed by atoms with Gasteiger partial charge < -0.3 is 4.84 Å². The second kappa shape index (κ2) is 12.5. The van der Waals surface area contributed by atoms with Crippen LogP contribution >= 0.6 is 0 Å². The Bertz CT molecular complexity index is 947. The van der Waals surface area contributed by atoms with E-state index in [9.17, 15) is 4.79 Å². The summed E-state index contributed by atoms with van der Waals surface area (Å²) >= 11 is 0. The zero-order valence-electron chi connectivity index (χ0n) is 18.3. The van der Waals surface area contributed by atoms with Crippen molar-refractivity contribution < 1.29 is 9.63 Å². The maximum atomic E-state index is 13.1. The molecule has 3 rings (SSSR count). The van der Waals surface area contributed by atoms with Gasteiger partial charge in [0.25, 0.3) is 0 Å². The van der Waals surface area contributed by atoms with Crippen molar-refractivity contribution in [2.45, 2.75) is 52.1 Å². The predicted octanol–water partition coefficient (Wildman–Crippen LogP) is 7.00. The van der Waals surface area contributed by atoms with Crippen LogP contribution in [0.15, 0.2) is 90.1 Å². The normalized spacial score (nSPS) is 11.3. The van der Waals surface area contributed by atoms with Gasteiger partial charge in [0.15, 0.2) is 0 Å². The summed E-state index contributed by atoms with van der Waals surface area (Å²) in [6.07, 6.45) is 5.86. The molecule has 0 aliphatic heterocycles. The first-order valence-corrected chi connectivity index (χ1v) is 11.2. The van der Waals surface area contributed by atoms with Crippen LogP contribution in [0.1, 0.15) is 66.1 Å². The van der Waals surface area contributed by atoms with E-state index in [0.717, 1.165) is 31.2 Å². The topological polar surface area (TPSA) is 38.7 Å². The number of hydrogen-bond acceptors (Lipinski definition) is 3. The van der Waals surface area contributed by atoms with Crippen molar-refractivity contribution in [3.05, 3.63) is 107 Å². The third-order valence-electron chi connectivity index (χ3n) is 5.25.